The number of aliphatic imine (C=N–C) groups is 1. The smallest absolute Gasteiger partial charge is 0.0775 e. The van der Waals surface area contributed by atoms with Crippen LogP contribution in [0.3, 0.4) is 0 Å². The van der Waals surface area contributed by atoms with E-state index in [0.717, 1.165) is 12.1 Å². The molecular weight excluding hydrogens is 222 g/mol. The van der Waals surface area contributed by atoms with E-state index in [1.54, 1.807) is 0 Å². The Morgan fingerprint density at radius 1 is 1.18 bits per heavy atom. The van der Waals surface area contributed by atoms with Gasteiger partial charge in [0.05, 0.1) is 13.8 Å². The monoisotopic (exact) mass is 243 g/mol. The van der Waals surface area contributed by atoms with E-state index in [1.165, 1.54) is 5.19 Å². The molecule has 0 amide bonds. The molecule has 90 valence electrons. The first-order valence-electron chi connectivity index (χ1n) is 5.94. The highest BCUT2D eigenvalue weighted by atomic mass is 28.3. The fourth-order valence-corrected chi connectivity index (χ4v) is 2.58. The van der Waals surface area contributed by atoms with Gasteiger partial charge in [0.25, 0.3) is 0 Å². The van der Waals surface area contributed by atoms with Crippen molar-refractivity contribution in [2.45, 2.75) is 26.1 Å². The zero-order valence-electron chi connectivity index (χ0n) is 11.0. The van der Waals surface area contributed by atoms with Crippen molar-refractivity contribution in [2.75, 3.05) is 0 Å². The van der Waals surface area contributed by atoms with Crippen LogP contribution in [0.25, 0.3) is 0 Å². The second-order valence-electron chi connectivity index (χ2n) is 5.03. The molecule has 1 rings (SSSR count). The second-order valence-corrected chi connectivity index (χ2v) is 10.1. The molecule has 0 bridgehead atoms. The zero-order valence-corrected chi connectivity index (χ0v) is 12.0. The number of hydrogen-bond acceptors (Lipinski definition) is 1. The summed E-state index contributed by atoms with van der Waals surface area (Å²) in [6, 6.07) is 8.58. The Morgan fingerprint density at radius 2 is 1.82 bits per heavy atom. The van der Waals surface area contributed by atoms with Crippen LogP contribution in [0, 0.1) is 0 Å². The summed E-state index contributed by atoms with van der Waals surface area (Å²) in [6.45, 7) is 10.7. The molecule has 0 N–H and O–H groups in total. The molecule has 0 atom stereocenters. The molecule has 0 radical (unpaired) electrons. The summed E-state index contributed by atoms with van der Waals surface area (Å²) < 4.78 is 0. The van der Waals surface area contributed by atoms with Crippen molar-refractivity contribution in [1.29, 1.82) is 0 Å². The largest absolute Gasteiger partial charge is 0.257 e. The molecule has 0 aromatic heterocycles. The van der Waals surface area contributed by atoms with Crippen molar-refractivity contribution in [3.63, 3.8) is 0 Å². The van der Waals surface area contributed by atoms with Crippen LogP contribution in [-0.2, 0) is 0 Å². The number of nitrogens with zero attached hydrogens (tertiary/aromatic N) is 1. The normalized spacial score (nSPS) is 12.4. The zero-order chi connectivity index (χ0) is 12.7. The third-order valence-corrected chi connectivity index (χ3v) is 4.55. The quantitative estimate of drug-likeness (QED) is 0.420. The summed E-state index contributed by atoms with van der Waals surface area (Å²) in [7, 11) is -1.18. The molecule has 0 heterocycles. The van der Waals surface area contributed by atoms with E-state index >= 15 is 0 Å². The fraction of sp³-hybridized carbons (Fsp3) is 0.267. The first-order valence-corrected chi connectivity index (χ1v) is 9.44. The highest BCUT2D eigenvalue weighted by Gasteiger charge is 2.15. The Bertz CT molecular complexity index is 408. The average Bonchev–Trinajstić information content (AvgIpc) is 2.28. The molecule has 0 fully saturated rings. The van der Waals surface area contributed by atoms with Crippen molar-refractivity contribution in [1.82, 2.24) is 0 Å². The van der Waals surface area contributed by atoms with E-state index in [4.69, 9.17) is 0 Å². The minimum atomic E-state index is -1.18. The van der Waals surface area contributed by atoms with E-state index in [0.29, 0.717) is 0 Å². The summed E-state index contributed by atoms with van der Waals surface area (Å²) >= 11 is 0. The topological polar surface area (TPSA) is 12.4 Å². The van der Waals surface area contributed by atoms with E-state index in [2.05, 4.69) is 55.5 Å². The van der Waals surface area contributed by atoms with E-state index < -0.39 is 8.07 Å². The molecule has 0 saturated heterocycles. The highest BCUT2D eigenvalue weighted by molar-refractivity contribution is 6.88. The minimum absolute atomic E-state index is 0.889. The maximum Gasteiger partial charge on any atom is 0.0775 e. The van der Waals surface area contributed by atoms with E-state index in [-0.39, 0.29) is 0 Å². The van der Waals surface area contributed by atoms with Gasteiger partial charge in [-0.05, 0) is 24.6 Å². The Morgan fingerprint density at radius 3 is 2.35 bits per heavy atom. The van der Waals surface area contributed by atoms with Crippen LogP contribution in [0.1, 0.15) is 6.42 Å². The van der Waals surface area contributed by atoms with Crippen LogP contribution in [-0.4, -0.2) is 14.3 Å². The van der Waals surface area contributed by atoms with Gasteiger partial charge in [0.15, 0.2) is 0 Å². The van der Waals surface area contributed by atoms with Gasteiger partial charge in [-0.25, -0.2) is 0 Å². The predicted molar refractivity (Wildman–Crippen MR) is 81.5 cm³/mol. The Kier molecular flexibility index (Phi) is 5.10. The molecule has 0 unspecified atom stereocenters. The number of allylic oxidation sites excluding steroid dienone is 3. The summed E-state index contributed by atoms with van der Waals surface area (Å²) in [6.07, 6.45) is 8.57. The summed E-state index contributed by atoms with van der Waals surface area (Å²) in [5.41, 5.74) is 1.01. The molecule has 0 spiro atoms. The molecule has 0 aliphatic rings. The lowest BCUT2D eigenvalue weighted by Gasteiger charge is -2.16. The van der Waals surface area contributed by atoms with Crippen molar-refractivity contribution in [3.05, 3.63) is 49.1 Å². The van der Waals surface area contributed by atoms with Crippen LogP contribution in [0.2, 0.25) is 19.6 Å². The SMILES string of the molecule is C=CC/C=C\C=Nc1ccc([Si](C)(C)C)cc1. The molecule has 1 aromatic carbocycles. The van der Waals surface area contributed by atoms with Crippen LogP contribution in [0.15, 0.2) is 54.1 Å². The first-order chi connectivity index (χ1) is 8.04. The number of rotatable bonds is 5. The van der Waals surface area contributed by atoms with Gasteiger partial charge < -0.3 is 0 Å². The Labute approximate surface area is 106 Å². The van der Waals surface area contributed by atoms with Gasteiger partial charge in [0, 0.05) is 6.21 Å². The summed E-state index contributed by atoms with van der Waals surface area (Å²) in [5, 5.41) is 1.47. The van der Waals surface area contributed by atoms with Crippen LogP contribution in [0.4, 0.5) is 5.69 Å². The lowest BCUT2D eigenvalue weighted by atomic mass is 10.3. The third kappa shape index (κ3) is 4.96. The third-order valence-electron chi connectivity index (χ3n) is 2.48. The lowest BCUT2D eigenvalue weighted by Crippen LogP contribution is -2.37. The van der Waals surface area contributed by atoms with Crippen molar-refractivity contribution in [2.24, 2.45) is 4.99 Å². The van der Waals surface area contributed by atoms with Gasteiger partial charge in [-0.1, -0.05) is 49.1 Å². The van der Waals surface area contributed by atoms with Crippen molar-refractivity contribution >= 4 is 25.2 Å². The maximum absolute atomic E-state index is 4.37. The summed E-state index contributed by atoms with van der Waals surface area (Å²) in [5.74, 6) is 0. The molecule has 0 aliphatic heterocycles. The predicted octanol–water partition coefficient (Wildman–Crippen LogP) is 4.07. The van der Waals surface area contributed by atoms with Crippen LogP contribution < -0.4 is 5.19 Å². The Hall–Kier alpha value is -1.41. The van der Waals surface area contributed by atoms with Gasteiger partial charge in [-0.2, -0.15) is 0 Å². The highest BCUT2D eigenvalue weighted by Crippen LogP contribution is 2.11. The van der Waals surface area contributed by atoms with E-state index in [1.807, 2.05) is 24.4 Å². The second kappa shape index (κ2) is 6.35. The molecule has 2 heteroatoms. The van der Waals surface area contributed by atoms with Crippen LogP contribution >= 0.6 is 0 Å². The van der Waals surface area contributed by atoms with Crippen molar-refractivity contribution in [3.8, 4) is 0 Å². The van der Waals surface area contributed by atoms with Crippen LogP contribution in [0.5, 0.6) is 0 Å². The van der Waals surface area contributed by atoms with Crippen molar-refractivity contribution < 1.29 is 0 Å². The molecule has 0 aliphatic carbocycles. The van der Waals surface area contributed by atoms with Gasteiger partial charge >= 0.3 is 0 Å². The fourth-order valence-electron chi connectivity index (χ4n) is 1.41. The lowest BCUT2D eigenvalue weighted by molar-refractivity contribution is 1.41. The number of hydrogen-bond donors (Lipinski definition) is 0. The number of benzene rings is 1. The van der Waals surface area contributed by atoms with E-state index in [9.17, 15) is 0 Å². The van der Waals surface area contributed by atoms with Gasteiger partial charge in [-0.15, -0.1) is 6.58 Å². The molecular formula is C15H21NSi. The van der Waals surface area contributed by atoms with Gasteiger partial charge in [0.1, 0.15) is 0 Å². The molecule has 0 saturated carbocycles. The van der Waals surface area contributed by atoms with Gasteiger partial charge in [0.2, 0.25) is 0 Å². The molecule has 17 heavy (non-hydrogen) atoms. The average molecular weight is 243 g/mol. The maximum atomic E-state index is 4.37. The van der Waals surface area contributed by atoms with Gasteiger partial charge in [-0.3, -0.25) is 4.99 Å². The Balaban J connectivity index is 2.66. The standard InChI is InChI=1S/C15H21NSi/c1-5-6-7-8-13-16-14-9-11-15(12-10-14)17(2,3)4/h5,7-13H,1,6H2,2-4H3/b8-7-,16-13?. The molecule has 1 aromatic rings. The first kappa shape index (κ1) is 13.7. The minimum Gasteiger partial charge on any atom is -0.257 e. The molecule has 1 nitrogen and oxygen atoms in total. The summed E-state index contributed by atoms with van der Waals surface area (Å²) in [4.78, 5) is 4.37.